The predicted octanol–water partition coefficient (Wildman–Crippen LogP) is 5.04. The standard InChI is InChI=1S/C27H34N6O/c1-7-23(25-29-30-31-33(25)27(4,5)6)32(16-20-11-9-8-10-12-20)17-22-15-21-14-18(2)13-19(3)24(21)28-26(22)34/h8-15,23H,7,16-17H2,1-6H3,(H,28,34). The molecule has 2 aromatic carbocycles. The number of nitrogens with one attached hydrogen (secondary N) is 1. The highest BCUT2D eigenvalue weighted by Crippen LogP contribution is 2.29. The van der Waals surface area contributed by atoms with Gasteiger partial charge in [0.05, 0.1) is 17.1 Å². The van der Waals surface area contributed by atoms with E-state index < -0.39 is 0 Å². The molecule has 0 saturated carbocycles. The highest BCUT2D eigenvalue weighted by Gasteiger charge is 2.29. The molecule has 0 aliphatic carbocycles. The van der Waals surface area contributed by atoms with Crippen molar-refractivity contribution >= 4 is 10.9 Å². The van der Waals surface area contributed by atoms with E-state index in [2.05, 4.69) is 84.3 Å². The lowest BCUT2D eigenvalue weighted by Gasteiger charge is -2.32. The second kappa shape index (κ2) is 9.50. The van der Waals surface area contributed by atoms with Crippen LogP contribution < -0.4 is 5.56 Å². The van der Waals surface area contributed by atoms with Crippen molar-refractivity contribution in [1.82, 2.24) is 30.1 Å². The van der Waals surface area contributed by atoms with E-state index in [1.54, 1.807) is 0 Å². The number of benzene rings is 2. The van der Waals surface area contributed by atoms with E-state index in [9.17, 15) is 4.79 Å². The monoisotopic (exact) mass is 458 g/mol. The van der Waals surface area contributed by atoms with Crippen molar-refractivity contribution in [3.05, 3.63) is 87.0 Å². The summed E-state index contributed by atoms with van der Waals surface area (Å²) in [4.78, 5) is 18.6. The van der Waals surface area contributed by atoms with Crippen molar-refractivity contribution in [3.63, 3.8) is 0 Å². The van der Waals surface area contributed by atoms with Crippen molar-refractivity contribution in [2.75, 3.05) is 0 Å². The first kappa shape index (κ1) is 23.8. The van der Waals surface area contributed by atoms with E-state index in [0.717, 1.165) is 34.3 Å². The molecule has 0 radical (unpaired) electrons. The molecular weight excluding hydrogens is 424 g/mol. The SMILES string of the molecule is CCC(c1nnnn1C(C)(C)C)N(Cc1ccccc1)Cc1cc2cc(C)cc(C)c2[nH]c1=O. The summed E-state index contributed by atoms with van der Waals surface area (Å²) in [6.45, 7) is 13.7. The third kappa shape index (κ3) is 4.94. The molecule has 0 saturated heterocycles. The molecule has 34 heavy (non-hydrogen) atoms. The van der Waals surface area contributed by atoms with Crippen LogP contribution in [0.3, 0.4) is 0 Å². The van der Waals surface area contributed by atoms with E-state index in [-0.39, 0.29) is 17.1 Å². The van der Waals surface area contributed by atoms with Gasteiger partial charge in [-0.1, -0.05) is 48.9 Å². The molecule has 2 heterocycles. The number of hydrogen-bond donors (Lipinski definition) is 1. The normalized spacial score (nSPS) is 13.0. The molecule has 0 fully saturated rings. The minimum atomic E-state index is -0.250. The van der Waals surface area contributed by atoms with Gasteiger partial charge in [0, 0.05) is 18.7 Å². The molecule has 1 N–H and O–H groups in total. The first-order chi connectivity index (χ1) is 16.2. The number of tetrazole rings is 1. The Hall–Kier alpha value is -3.32. The summed E-state index contributed by atoms with van der Waals surface area (Å²) in [5.74, 6) is 0.815. The summed E-state index contributed by atoms with van der Waals surface area (Å²) < 4.78 is 1.90. The van der Waals surface area contributed by atoms with Gasteiger partial charge in [-0.05, 0) is 80.1 Å². The van der Waals surface area contributed by atoms with Crippen LogP contribution in [0, 0.1) is 13.8 Å². The van der Waals surface area contributed by atoms with Crippen LogP contribution in [0.2, 0.25) is 0 Å². The molecule has 7 heteroatoms. The number of aromatic amines is 1. The Morgan fingerprint density at radius 3 is 2.47 bits per heavy atom. The number of H-pyrrole nitrogens is 1. The molecule has 0 spiro atoms. The molecule has 0 aliphatic rings. The third-order valence-corrected chi connectivity index (χ3v) is 6.23. The van der Waals surface area contributed by atoms with Crippen LogP contribution in [0.1, 0.15) is 68.2 Å². The van der Waals surface area contributed by atoms with Gasteiger partial charge < -0.3 is 4.98 Å². The Kier molecular flexibility index (Phi) is 6.66. The molecule has 0 amide bonds. The zero-order chi connectivity index (χ0) is 24.5. The summed E-state index contributed by atoms with van der Waals surface area (Å²) in [5, 5.41) is 13.8. The lowest BCUT2D eigenvalue weighted by molar-refractivity contribution is 0.153. The van der Waals surface area contributed by atoms with Gasteiger partial charge in [-0.15, -0.1) is 5.10 Å². The highest BCUT2D eigenvalue weighted by atomic mass is 16.1. The molecule has 1 atom stereocenters. The first-order valence-corrected chi connectivity index (χ1v) is 11.9. The number of fused-ring (bicyclic) bond motifs is 1. The smallest absolute Gasteiger partial charge is 0.252 e. The van der Waals surface area contributed by atoms with Crippen molar-refractivity contribution < 1.29 is 0 Å². The fourth-order valence-electron chi connectivity index (χ4n) is 4.65. The molecule has 2 aromatic heterocycles. The van der Waals surface area contributed by atoms with Crippen LogP contribution in [0.15, 0.2) is 53.3 Å². The summed E-state index contributed by atoms with van der Waals surface area (Å²) in [5.41, 5.74) is 4.78. The number of hydrogen-bond acceptors (Lipinski definition) is 5. The molecule has 178 valence electrons. The van der Waals surface area contributed by atoms with Crippen LogP contribution in [0.25, 0.3) is 10.9 Å². The Bertz CT molecular complexity index is 1330. The van der Waals surface area contributed by atoms with Crippen LogP contribution >= 0.6 is 0 Å². The van der Waals surface area contributed by atoms with E-state index in [4.69, 9.17) is 0 Å². The Balaban J connectivity index is 1.79. The summed E-state index contributed by atoms with van der Waals surface area (Å²) in [7, 11) is 0. The highest BCUT2D eigenvalue weighted by molar-refractivity contribution is 5.82. The topological polar surface area (TPSA) is 79.7 Å². The van der Waals surface area contributed by atoms with Crippen molar-refractivity contribution in [2.45, 2.75) is 72.6 Å². The third-order valence-electron chi connectivity index (χ3n) is 6.23. The van der Waals surface area contributed by atoms with Crippen LogP contribution in [-0.2, 0) is 18.6 Å². The van der Waals surface area contributed by atoms with Crippen LogP contribution in [0.4, 0.5) is 0 Å². The number of pyridine rings is 1. The van der Waals surface area contributed by atoms with E-state index >= 15 is 0 Å². The fraction of sp³-hybridized carbons (Fsp3) is 0.407. The number of aromatic nitrogens is 5. The molecule has 7 nitrogen and oxygen atoms in total. The maximum Gasteiger partial charge on any atom is 0.252 e. The van der Waals surface area contributed by atoms with Gasteiger partial charge in [0.1, 0.15) is 0 Å². The van der Waals surface area contributed by atoms with E-state index in [0.29, 0.717) is 13.1 Å². The van der Waals surface area contributed by atoms with Crippen LogP contribution in [-0.4, -0.2) is 30.1 Å². The zero-order valence-electron chi connectivity index (χ0n) is 21.0. The van der Waals surface area contributed by atoms with E-state index in [1.807, 2.05) is 35.9 Å². The first-order valence-electron chi connectivity index (χ1n) is 11.9. The molecule has 1 unspecified atom stereocenters. The van der Waals surface area contributed by atoms with Gasteiger partial charge in [-0.2, -0.15) is 0 Å². The van der Waals surface area contributed by atoms with Crippen LogP contribution in [0.5, 0.6) is 0 Å². The molecular formula is C27H34N6O. The second-order valence-corrected chi connectivity index (χ2v) is 10.1. The van der Waals surface area contributed by atoms with Gasteiger partial charge in [0.25, 0.3) is 5.56 Å². The van der Waals surface area contributed by atoms with Gasteiger partial charge >= 0.3 is 0 Å². The Labute approximate surface area is 200 Å². The maximum absolute atomic E-state index is 13.2. The summed E-state index contributed by atoms with van der Waals surface area (Å²) in [6.07, 6.45) is 0.812. The average Bonchev–Trinajstić information content (AvgIpc) is 3.26. The molecule has 4 aromatic rings. The van der Waals surface area contributed by atoms with Gasteiger partial charge in [-0.25, -0.2) is 4.68 Å². The lowest BCUT2D eigenvalue weighted by Crippen LogP contribution is -2.35. The Morgan fingerprint density at radius 1 is 1.06 bits per heavy atom. The number of nitrogens with zero attached hydrogens (tertiary/aromatic N) is 5. The predicted molar refractivity (Wildman–Crippen MR) is 136 cm³/mol. The fourth-order valence-corrected chi connectivity index (χ4v) is 4.65. The molecule has 0 bridgehead atoms. The largest absolute Gasteiger partial charge is 0.321 e. The average molecular weight is 459 g/mol. The van der Waals surface area contributed by atoms with Gasteiger partial charge in [-0.3, -0.25) is 9.69 Å². The maximum atomic E-state index is 13.2. The lowest BCUT2D eigenvalue weighted by atomic mass is 10.0. The summed E-state index contributed by atoms with van der Waals surface area (Å²) in [6, 6.07) is 16.5. The molecule has 0 aliphatic heterocycles. The van der Waals surface area contributed by atoms with Crippen molar-refractivity contribution in [3.8, 4) is 0 Å². The van der Waals surface area contributed by atoms with Crippen molar-refractivity contribution in [1.29, 1.82) is 0 Å². The van der Waals surface area contributed by atoms with Gasteiger partial charge in [0.15, 0.2) is 5.82 Å². The van der Waals surface area contributed by atoms with Crippen molar-refractivity contribution in [2.24, 2.45) is 0 Å². The second-order valence-electron chi connectivity index (χ2n) is 10.1. The number of rotatable bonds is 7. The zero-order valence-corrected chi connectivity index (χ0v) is 21.0. The number of aryl methyl sites for hydroxylation is 2. The summed E-state index contributed by atoms with van der Waals surface area (Å²) >= 11 is 0. The minimum Gasteiger partial charge on any atom is -0.321 e. The van der Waals surface area contributed by atoms with E-state index in [1.165, 1.54) is 11.1 Å². The quantitative estimate of drug-likeness (QED) is 0.420. The minimum absolute atomic E-state index is 0.0521. The molecule has 4 rings (SSSR count). The van der Waals surface area contributed by atoms with Gasteiger partial charge in [0.2, 0.25) is 0 Å². The Morgan fingerprint density at radius 2 is 1.79 bits per heavy atom.